The first kappa shape index (κ1) is 11.7. The molecule has 0 saturated carbocycles. The van der Waals surface area contributed by atoms with E-state index in [-0.39, 0.29) is 6.42 Å². The van der Waals surface area contributed by atoms with Crippen molar-refractivity contribution >= 4 is 21.9 Å². The number of nitrogens with zero attached hydrogens (tertiary/aromatic N) is 1. The van der Waals surface area contributed by atoms with E-state index in [2.05, 4.69) is 15.9 Å². The maximum Gasteiger partial charge on any atom is 0.307 e. The minimum absolute atomic E-state index is 0.120. The SMILES string of the molecule is CCc1ccc(CC(=O)O)c(C#N)c1Br. The molecule has 3 nitrogen and oxygen atoms in total. The van der Waals surface area contributed by atoms with E-state index in [0.717, 1.165) is 12.0 Å². The summed E-state index contributed by atoms with van der Waals surface area (Å²) in [6, 6.07) is 5.59. The van der Waals surface area contributed by atoms with E-state index in [9.17, 15) is 4.79 Å². The zero-order valence-electron chi connectivity index (χ0n) is 8.25. The Morgan fingerprint density at radius 1 is 1.53 bits per heavy atom. The van der Waals surface area contributed by atoms with Gasteiger partial charge in [-0.3, -0.25) is 4.79 Å². The molecule has 1 aromatic carbocycles. The number of rotatable bonds is 3. The van der Waals surface area contributed by atoms with Gasteiger partial charge in [0.1, 0.15) is 6.07 Å². The molecule has 78 valence electrons. The van der Waals surface area contributed by atoms with Gasteiger partial charge in [-0.1, -0.05) is 19.1 Å². The predicted molar refractivity (Wildman–Crippen MR) is 59.6 cm³/mol. The van der Waals surface area contributed by atoms with E-state index >= 15 is 0 Å². The summed E-state index contributed by atoms with van der Waals surface area (Å²) < 4.78 is 0.714. The molecule has 0 aliphatic carbocycles. The van der Waals surface area contributed by atoms with Crippen molar-refractivity contribution in [3.63, 3.8) is 0 Å². The van der Waals surface area contributed by atoms with Gasteiger partial charge in [0.15, 0.2) is 0 Å². The van der Waals surface area contributed by atoms with E-state index in [4.69, 9.17) is 10.4 Å². The molecule has 0 aliphatic rings. The number of carboxylic acids is 1. The molecule has 15 heavy (non-hydrogen) atoms. The second-order valence-electron chi connectivity index (χ2n) is 3.11. The normalized spacial score (nSPS) is 9.67. The number of benzene rings is 1. The van der Waals surface area contributed by atoms with Gasteiger partial charge in [-0.25, -0.2) is 0 Å². The molecule has 0 unspecified atom stereocenters. The Hall–Kier alpha value is -1.34. The molecular formula is C11H10BrNO2. The van der Waals surface area contributed by atoms with Crippen LogP contribution in [0.4, 0.5) is 0 Å². The highest BCUT2D eigenvalue weighted by Gasteiger charge is 2.12. The van der Waals surface area contributed by atoms with E-state index in [1.807, 2.05) is 19.1 Å². The molecule has 1 N–H and O–H groups in total. The van der Waals surface area contributed by atoms with Crippen molar-refractivity contribution in [2.75, 3.05) is 0 Å². The van der Waals surface area contributed by atoms with Crippen molar-refractivity contribution in [1.82, 2.24) is 0 Å². The third-order valence-electron chi connectivity index (χ3n) is 2.14. The quantitative estimate of drug-likeness (QED) is 0.916. The van der Waals surface area contributed by atoms with Crippen LogP contribution < -0.4 is 0 Å². The molecule has 0 amide bonds. The van der Waals surface area contributed by atoms with Crippen molar-refractivity contribution < 1.29 is 9.90 Å². The number of aliphatic carboxylic acids is 1. The molecule has 0 bridgehead atoms. The van der Waals surface area contributed by atoms with Crippen LogP contribution in [0.25, 0.3) is 0 Å². The van der Waals surface area contributed by atoms with Gasteiger partial charge in [0, 0.05) is 4.47 Å². The van der Waals surface area contributed by atoms with Gasteiger partial charge in [-0.2, -0.15) is 5.26 Å². The number of aryl methyl sites for hydroxylation is 1. The van der Waals surface area contributed by atoms with Gasteiger partial charge in [0.2, 0.25) is 0 Å². The largest absolute Gasteiger partial charge is 0.481 e. The number of nitriles is 1. The molecule has 1 aromatic rings. The van der Waals surface area contributed by atoms with E-state index in [0.29, 0.717) is 15.6 Å². The summed E-state index contributed by atoms with van der Waals surface area (Å²) in [5.74, 6) is -0.928. The van der Waals surface area contributed by atoms with Crippen LogP contribution in [0.3, 0.4) is 0 Å². The van der Waals surface area contributed by atoms with Gasteiger partial charge in [-0.15, -0.1) is 0 Å². The molecule has 0 spiro atoms. The first-order valence-electron chi connectivity index (χ1n) is 4.52. The van der Waals surface area contributed by atoms with Gasteiger partial charge < -0.3 is 5.11 Å². The first-order valence-corrected chi connectivity index (χ1v) is 5.31. The second kappa shape index (κ2) is 4.94. The lowest BCUT2D eigenvalue weighted by Gasteiger charge is -2.07. The van der Waals surface area contributed by atoms with Crippen LogP contribution in [0.1, 0.15) is 23.6 Å². The predicted octanol–water partition coefficient (Wildman–Crippen LogP) is 2.51. The fraction of sp³-hybridized carbons (Fsp3) is 0.273. The highest BCUT2D eigenvalue weighted by atomic mass is 79.9. The molecular weight excluding hydrogens is 258 g/mol. The molecule has 0 atom stereocenters. The Balaban J connectivity index is 3.26. The van der Waals surface area contributed by atoms with Crippen LogP contribution >= 0.6 is 15.9 Å². The Kier molecular flexibility index (Phi) is 3.87. The van der Waals surface area contributed by atoms with Crippen molar-refractivity contribution in [2.24, 2.45) is 0 Å². The third kappa shape index (κ3) is 2.57. The molecule has 4 heteroatoms. The third-order valence-corrected chi connectivity index (χ3v) is 3.05. The highest BCUT2D eigenvalue weighted by molar-refractivity contribution is 9.10. The smallest absolute Gasteiger partial charge is 0.307 e. The van der Waals surface area contributed by atoms with Crippen LogP contribution in [-0.4, -0.2) is 11.1 Å². The summed E-state index contributed by atoms with van der Waals surface area (Å²) in [4.78, 5) is 10.6. The van der Waals surface area contributed by atoms with Gasteiger partial charge in [-0.05, 0) is 33.5 Å². The molecule has 0 heterocycles. The molecule has 0 aromatic heterocycles. The van der Waals surface area contributed by atoms with Crippen LogP contribution in [0, 0.1) is 11.3 Å². The maximum absolute atomic E-state index is 10.6. The second-order valence-corrected chi connectivity index (χ2v) is 3.90. The average Bonchev–Trinajstić information content (AvgIpc) is 2.18. The van der Waals surface area contributed by atoms with Gasteiger partial charge in [0.25, 0.3) is 0 Å². The average molecular weight is 268 g/mol. The Bertz CT molecular complexity index is 435. The summed E-state index contributed by atoms with van der Waals surface area (Å²) >= 11 is 3.33. The molecule has 0 radical (unpaired) electrons. The summed E-state index contributed by atoms with van der Waals surface area (Å²) in [6.07, 6.45) is 0.689. The topological polar surface area (TPSA) is 61.1 Å². The van der Waals surface area contributed by atoms with Gasteiger partial charge in [0.05, 0.1) is 12.0 Å². The summed E-state index contributed by atoms with van der Waals surface area (Å²) in [6.45, 7) is 1.98. The Labute approximate surface area is 96.5 Å². The number of hydrogen-bond acceptors (Lipinski definition) is 2. The molecule has 1 rings (SSSR count). The summed E-state index contributed by atoms with van der Waals surface area (Å²) in [5, 5.41) is 17.6. The Morgan fingerprint density at radius 2 is 2.13 bits per heavy atom. The molecule has 0 aliphatic heterocycles. The first-order chi connectivity index (χ1) is 7.10. The molecule has 0 saturated heterocycles. The number of hydrogen-bond donors (Lipinski definition) is 1. The van der Waals surface area contributed by atoms with E-state index in [1.165, 1.54) is 0 Å². The number of carboxylic acid groups (broad SMARTS) is 1. The minimum Gasteiger partial charge on any atom is -0.481 e. The van der Waals surface area contributed by atoms with E-state index in [1.54, 1.807) is 6.07 Å². The van der Waals surface area contributed by atoms with E-state index < -0.39 is 5.97 Å². The molecule has 0 fully saturated rings. The number of carbonyl (C=O) groups is 1. The zero-order chi connectivity index (χ0) is 11.4. The van der Waals surface area contributed by atoms with Crippen LogP contribution in [0.2, 0.25) is 0 Å². The summed E-state index contributed by atoms with van der Waals surface area (Å²) in [5.41, 5.74) is 1.99. The monoisotopic (exact) mass is 267 g/mol. The fourth-order valence-corrected chi connectivity index (χ4v) is 2.12. The fourth-order valence-electron chi connectivity index (χ4n) is 1.36. The van der Waals surface area contributed by atoms with Crippen molar-refractivity contribution in [2.45, 2.75) is 19.8 Å². The number of halogens is 1. The van der Waals surface area contributed by atoms with Crippen molar-refractivity contribution in [1.29, 1.82) is 5.26 Å². The van der Waals surface area contributed by atoms with Crippen molar-refractivity contribution in [3.05, 3.63) is 33.3 Å². The maximum atomic E-state index is 10.6. The lowest BCUT2D eigenvalue weighted by Crippen LogP contribution is -2.03. The standard InChI is InChI=1S/C11H10BrNO2/c1-2-7-3-4-8(5-10(14)15)9(6-13)11(7)12/h3-4H,2,5H2,1H3,(H,14,15). The van der Waals surface area contributed by atoms with Crippen molar-refractivity contribution in [3.8, 4) is 6.07 Å². The minimum atomic E-state index is -0.928. The van der Waals surface area contributed by atoms with Gasteiger partial charge >= 0.3 is 5.97 Å². The van der Waals surface area contributed by atoms with Crippen LogP contribution in [-0.2, 0) is 17.6 Å². The zero-order valence-corrected chi connectivity index (χ0v) is 9.84. The lowest BCUT2D eigenvalue weighted by atomic mass is 10.0. The Morgan fingerprint density at radius 3 is 2.60 bits per heavy atom. The van der Waals surface area contributed by atoms with Crippen LogP contribution in [0.5, 0.6) is 0 Å². The summed E-state index contributed by atoms with van der Waals surface area (Å²) in [7, 11) is 0. The lowest BCUT2D eigenvalue weighted by molar-refractivity contribution is -0.136. The van der Waals surface area contributed by atoms with Crippen LogP contribution in [0.15, 0.2) is 16.6 Å². The highest BCUT2D eigenvalue weighted by Crippen LogP contribution is 2.25.